The summed E-state index contributed by atoms with van der Waals surface area (Å²) in [4.78, 5) is 11.7. The number of hydrogen-bond acceptors (Lipinski definition) is 3. The van der Waals surface area contributed by atoms with Crippen LogP contribution < -0.4 is 5.32 Å². The molecule has 0 saturated heterocycles. The van der Waals surface area contributed by atoms with E-state index in [1.807, 2.05) is 6.92 Å². The van der Waals surface area contributed by atoms with Crippen LogP contribution in [0, 0.1) is 11.7 Å². The van der Waals surface area contributed by atoms with Gasteiger partial charge in [0.15, 0.2) is 0 Å². The zero-order chi connectivity index (χ0) is 15.2. The summed E-state index contributed by atoms with van der Waals surface area (Å²) in [6.07, 6.45) is 3.44. The molecule has 0 radical (unpaired) electrons. The van der Waals surface area contributed by atoms with E-state index in [2.05, 4.69) is 5.32 Å². The Morgan fingerprint density at radius 2 is 2.10 bits per heavy atom. The van der Waals surface area contributed by atoms with Crippen LogP contribution in [0.3, 0.4) is 0 Å². The molecule has 1 aliphatic carbocycles. The van der Waals surface area contributed by atoms with Crippen molar-refractivity contribution in [1.82, 2.24) is 5.32 Å². The van der Waals surface area contributed by atoms with E-state index in [0.29, 0.717) is 29.8 Å². The molecule has 1 aliphatic rings. The Morgan fingerprint density at radius 1 is 1.38 bits per heavy atom. The minimum Gasteiger partial charge on any atom is -0.466 e. The molecule has 0 aliphatic heterocycles. The van der Waals surface area contributed by atoms with Crippen molar-refractivity contribution >= 4 is 17.6 Å². The summed E-state index contributed by atoms with van der Waals surface area (Å²) in [7, 11) is 0. The number of carbonyl (C=O) groups is 1. The van der Waals surface area contributed by atoms with Crippen LogP contribution in [0.5, 0.6) is 0 Å². The topological polar surface area (TPSA) is 38.3 Å². The molecule has 0 aromatic heterocycles. The lowest BCUT2D eigenvalue weighted by molar-refractivity contribution is -0.149. The van der Waals surface area contributed by atoms with Crippen LogP contribution in [0.2, 0.25) is 5.02 Å². The van der Waals surface area contributed by atoms with E-state index >= 15 is 0 Å². The van der Waals surface area contributed by atoms with Gasteiger partial charge in [0.1, 0.15) is 5.82 Å². The predicted octanol–water partition coefficient (Wildman–Crippen LogP) is 3.69. The number of hydrogen-bond donors (Lipinski definition) is 1. The third-order valence-electron chi connectivity index (χ3n) is 3.98. The standard InChI is InChI=1S/C16H21ClFNO2/c1-2-21-16(20)11-6-8-12(9-7-11)19-10-13-14(17)4-3-5-15(13)18/h3-5,11-12,19H,2,6-10H2,1H3. The van der Waals surface area contributed by atoms with Crippen molar-refractivity contribution in [3.63, 3.8) is 0 Å². The number of rotatable bonds is 5. The summed E-state index contributed by atoms with van der Waals surface area (Å²) >= 11 is 6.01. The van der Waals surface area contributed by atoms with Crippen LogP contribution >= 0.6 is 11.6 Å². The Balaban J connectivity index is 1.80. The lowest BCUT2D eigenvalue weighted by Gasteiger charge is -2.28. The van der Waals surface area contributed by atoms with Crippen molar-refractivity contribution < 1.29 is 13.9 Å². The summed E-state index contributed by atoms with van der Waals surface area (Å²) in [6, 6.07) is 5.01. The molecule has 2 rings (SSSR count). The van der Waals surface area contributed by atoms with Gasteiger partial charge >= 0.3 is 5.97 Å². The van der Waals surface area contributed by atoms with Crippen LogP contribution in [-0.2, 0) is 16.1 Å². The second kappa shape index (κ2) is 7.76. The van der Waals surface area contributed by atoms with Crippen molar-refractivity contribution in [2.24, 2.45) is 5.92 Å². The Morgan fingerprint density at radius 3 is 2.71 bits per heavy atom. The second-order valence-electron chi connectivity index (χ2n) is 5.38. The molecule has 21 heavy (non-hydrogen) atoms. The smallest absolute Gasteiger partial charge is 0.308 e. The van der Waals surface area contributed by atoms with Gasteiger partial charge in [-0.2, -0.15) is 0 Å². The third kappa shape index (κ3) is 4.42. The Hall–Kier alpha value is -1.13. The molecular weight excluding hydrogens is 293 g/mol. The molecule has 0 bridgehead atoms. The maximum absolute atomic E-state index is 13.7. The molecule has 1 fully saturated rings. The molecule has 1 aromatic carbocycles. The van der Waals surface area contributed by atoms with Gasteiger partial charge in [-0.3, -0.25) is 4.79 Å². The Labute approximate surface area is 129 Å². The van der Waals surface area contributed by atoms with Crippen LogP contribution in [0.1, 0.15) is 38.2 Å². The average molecular weight is 314 g/mol. The molecule has 0 amide bonds. The van der Waals surface area contributed by atoms with Crippen molar-refractivity contribution in [3.8, 4) is 0 Å². The van der Waals surface area contributed by atoms with Gasteiger partial charge in [0, 0.05) is 23.2 Å². The van der Waals surface area contributed by atoms with Crippen molar-refractivity contribution in [1.29, 1.82) is 0 Å². The molecule has 1 aromatic rings. The first-order chi connectivity index (χ1) is 10.1. The lowest BCUT2D eigenvalue weighted by atomic mass is 9.86. The van der Waals surface area contributed by atoms with E-state index in [1.165, 1.54) is 6.07 Å². The van der Waals surface area contributed by atoms with Crippen LogP contribution in [-0.4, -0.2) is 18.6 Å². The highest BCUT2D eigenvalue weighted by atomic mass is 35.5. The second-order valence-corrected chi connectivity index (χ2v) is 5.79. The maximum atomic E-state index is 13.7. The SMILES string of the molecule is CCOC(=O)C1CCC(NCc2c(F)cccc2Cl)CC1. The average Bonchev–Trinajstić information content (AvgIpc) is 2.47. The number of ether oxygens (including phenoxy) is 1. The van der Waals surface area contributed by atoms with Gasteiger partial charge in [-0.15, -0.1) is 0 Å². The quantitative estimate of drug-likeness (QED) is 0.843. The molecular formula is C16H21ClFNO2. The first-order valence-electron chi connectivity index (χ1n) is 7.44. The molecule has 1 saturated carbocycles. The summed E-state index contributed by atoms with van der Waals surface area (Å²) in [5.41, 5.74) is 0.506. The van der Waals surface area contributed by atoms with Gasteiger partial charge in [-0.1, -0.05) is 17.7 Å². The Bertz CT molecular complexity index is 467. The zero-order valence-corrected chi connectivity index (χ0v) is 13.0. The molecule has 5 heteroatoms. The number of benzene rings is 1. The molecule has 0 heterocycles. The lowest BCUT2D eigenvalue weighted by Crippen LogP contribution is -2.35. The highest BCUT2D eigenvalue weighted by Crippen LogP contribution is 2.26. The zero-order valence-electron chi connectivity index (χ0n) is 12.2. The minimum atomic E-state index is -0.282. The van der Waals surface area contributed by atoms with Crippen LogP contribution in [0.4, 0.5) is 4.39 Å². The highest BCUT2D eigenvalue weighted by Gasteiger charge is 2.27. The normalized spacial score (nSPS) is 22.0. The summed E-state index contributed by atoms with van der Waals surface area (Å²) < 4.78 is 18.7. The van der Waals surface area contributed by atoms with Crippen molar-refractivity contribution in [2.45, 2.75) is 45.2 Å². The molecule has 1 N–H and O–H groups in total. The van der Waals surface area contributed by atoms with Gasteiger partial charge in [-0.25, -0.2) is 4.39 Å². The summed E-state index contributed by atoms with van der Waals surface area (Å²) in [5.74, 6) is -0.358. The van der Waals surface area contributed by atoms with Crippen molar-refractivity contribution in [3.05, 3.63) is 34.6 Å². The fourth-order valence-electron chi connectivity index (χ4n) is 2.74. The number of halogens is 2. The summed E-state index contributed by atoms with van der Waals surface area (Å²) in [6.45, 7) is 2.67. The number of esters is 1. The van der Waals surface area contributed by atoms with Crippen LogP contribution in [0.25, 0.3) is 0 Å². The largest absolute Gasteiger partial charge is 0.466 e. The van der Waals surface area contributed by atoms with Gasteiger partial charge in [0.2, 0.25) is 0 Å². The molecule has 0 unspecified atom stereocenters. The molecule has 0 spiro atoms. The predicted molar refractivity (Wildman–Crippen MR) is 80.6 cm³/mol. The molecule has 116 valence electrons. The van der Waals surface area contributed by atoms with Gasteiger partial charge in [0.25, 0.3) is 0 Å². The van der Waals surface area contributed by atoms with E-state index in [4.69, 9.17) is 16.3 Å². The monoisotopic (exact) mass is 313 g/mol. The molecule has 0 atom stereocenters. The Kier molecular flexibility index (Phi) is 6.00. The first kappa shape index (κ1) is 16.2. The fourth-order valence-corrected chi connectivity index (χ4v) is 2.97. The number of nitrogens with one attached hydrogen (secondary N) is 1. The van der Waals surface area contributed by atoms with Gasteiger partial charge < -0.3 is 10.1 Å². The maximum Gasteiger partial charge on any atom is 0.308 e. The van der Waals surface area contributed by atoms with Crippen molar-refractivity contribution in [2.75, 3.05) is 6.61 Å². The third-order valence-corrected chi connectivity index (χ3v) is 4.33. The van der Waals surface area contributed by atoms with E-state index in [0.717, 1.165) is 25.7 Å². The first-order valence-corrected chi connectivity index (χ1v) is 7.82. The van der Waals surface area contributed by atoms with E-state index in [-0.39, 0.29) is 17.7 Å². The van der Waals surface area contributed by atoms with Gasteiger partial charge in [-0.05, 0) is 44.7 Å². The van der Waals surface area contributed by atoms with E-state index in [1.54, 1.807) is 12.1 Å². The minimum absolute atomic E-state index is 0.0139. The fraction of sp³-hybridized carbons (Fsp3) is 0.562. The van der Waals surface area contributed by atoms with Crippen LogP contribution in [0.15, 0.2) is 18.2 Å². The van der Waals surface area contributed by atoms with Gasteiger partial charge in [0.05, 0.1) is 12.5 Å². The van der Waals surface area contributed by atoms with E-state index < -0.39 is 0 Å². The molecule has 3 nitrogen and oxygen atoms in total. The highest BCUT2D eigenvalue weighted by molar-refractivity contribution is 6.31. The van der Waals surface area contributed by atoms with E-state index in [9.17, 15) is 9.18 Å². The number of carbonyl (C=O) groups excluding carboxylic acids is 1. The summed E-state index contributed by atoms with van der Waals surface area (Å²) in [5, 5.41) is 3.78.